The monoisotopic (exact) mass is 366 g/mol. The average molecular weight is 367 g/mol. The van der Waals surface area contributed by atoms with Crippen LogP contribution in [0.25, 0.3) is 0 Å². The zero-order valence-electron chi connectivity index (χ0n) is 13.6. The van der Waals surface area contributed by atoms with E-state index in [2.05, 4.69) is 17.6 Å². The number of rotatable bonds is 7. The molecule has 2 N–H and O–H groups in total. The largest absolute Gasteiger partial charge is 0.491 e. The minimum absolute atomic E-state index is 0.119. The van der Waals surface area contributed by atoms with Gasteiger partial charge in [-0.25, -0.2) is 0 Å². The first-order chi connectivity index (χ1) is 11.5. The maximum Gasteiger partial charge on any atom is 0.243 e. The molecule has 0 spiro atoms. The van der Waals surface area contributed by atoms with Crippen molar-refractivity contribution in [3.05, 3.63) is 52.5 Å². The number of halogens is 2. The second-order valence-corrected chi connectivity index (χ2v) is 6.15. The third-order valence-electron chi connectivity index (χ3n) is 3.45. The molecule has 2 aromatic carbocycles. The second kappa shape index (κ2) is 8.81. The molecular weight excluding hydrogens is 347 g/mol. The van der Waals surface area contributed by atoms with E-state index < -0.39 is 0 Å². The topological polar surface area (TPSA) is 50.4 Å². The molecule has 1 unspecified atom stereocenters. The molecule has 0 bridgehead atoms. The maximum atomic E-state index is 12.0. The van der Waals surface area contributed by atoms with Crippen LogP contribution in [0.3, 0.4) is 0 Å². The number of anilines is 2. The molecule has 4 nitrogen and oxygen atoms in total. The van der Waals surface area contributed by atoms with E-state index in [-0.39, 0.29) is 18.6 Å². The van der Waals surface area contributed by atoms with Gasteiger partial charge in [0.05, 0.1) is 28.4 Å². The van der Waals surface area contributed by atoms with Gasteiger partial charge in [0.2, 0.25) is 5.91 Å². The molecule has 0 radical (unpaired) electrons. The number of amides is 1. The molecule has 128 valence electrons. The van der Waals surface area contributed by atoms with E-state index >= 15 is 0 Å². The fourth-order valence-corrected chi connectivity index (χ4v) is 2.29. The van der Waals surface area contributed by atoms with Crippen molar-refractivity contribution in [1.82, 2.24) is 0 Å². The standard InChI is InChI=1S/C18H20Cl2N2O2/c1-3-12(2)24-14-9-7-13(8-10-14)21-11-17(23)22-16-6-4-5-15(19)18(16)20/h4-10,12,21H,3,11H2,1-2H3,(H,22,23). The highest BCUT2D eigenvalue weighted by molar-refractivity contribution is 6.44. The Kier molecular flexibility index (Phi) is 6.76. The van der Waals surface area contributed by atoms with E-state index in [1.165, 1.54) is 0 Å². The molecule has 2 rings (SSSR count). The zero-order valence-corrected chi connectivity index (χ0v) is 15.1. The predicted molar refractivity (Wildman–Crippen MR) is 100 cm³/mol. The molecule has 1 amide bonds. The minimum Gasteiger partial charge on any atom is -0.491 e. The van der Waals surface area contributed by atoms with Crippen molar-refractivity contribution >= 4 is 40.5 Å². The lowest BCUT2D eigenvalue weighted by atomic mass is 10.2. The summed E-state index contributed by atoms with van der Waals surface area (Å²) in [4.78, 5) is 12.0. The molecule has 0 aliphatic heterocycles. The quantitative estimate of drug-likeness (QED) is 0.705. The number of nitrogens with one attached hydrogen (secondary N) is 2. The van der Waals surface area contributed by atoms with Crippen molar-refractivity contribution in [2.24, 2.45) is 0 Å². The lowest BCUT2D eigenvalue weighted by Crippen LogP contribution is -2.21. The fourth-order valence-electron chi connectivity index (χ4n) is 1.94. The van der Waals surface area contributed by atoms with Crippen molar-refractivity contribution in [2.45, 2.75) is 26.4 Å². The third kappa shape index (κ3) is 5.32. The van der Waals surface area contributed by atoms with Crippen molar-refractivity contribution in [3.63, 3.8) is 0 Å². The van der Waals surface area contributed by atoms with Gasteiger partial charge < -0.3 is 15.4 Å². The van der Waals surface area contributed by atoms with Crippen LogP contribution in [-0.2, 0) is 4.79 Å². The van der Waals surface area contributed by atoms with E-state index in [4.69, 9.17) is 27.9 Å². The van der Waals surface area contributed by atoms with Crippen molar-refractivity contribution in [2.75, 3.05) is 17.2 Å². The molecule has 0 aliphatic rings. The number of benzene rings is 2. The fraction of sp³-hybridized carbons (Fsp3) is 0.278. The number of carbonyl (C=O) groups excluding carboxylic acids is 1. The highest BCUT2D eigenvalue weighted by Crippen LogP contribution is 2.29. The van der Waals surface area contributed by atoms with Gasteiger partial charge in [-0.05, 0) is 49.7 Å². The van der Waals surface area contributed by atoms with E-state index in [1.807, 2.05) is 31.2 Å². The Bertz CT molecular complexity index is 690. The van der Waals surface area contributed by atoms with Crippen LogP contribution in [0.15, 0.2) is 42.5 Å². The van der Waals surface area contributed by atoms with Crippen molar-refractivity contribution in [3.8, 4) is 5.75 Å². The highest BCUT2D eigenvalue weighted by Gasteiger charge is 2.08. The summed E-state index contributed by atoms with van der Waals surface area (Å²) in [5.41, 5.74) is 1.33. The van der Waals surface area contributed by atoms with Crippen LogP contribution < -0.4 is 15.4 Å². The van der Waals surface area contributed by atoms with Gasteiger partial charge in [-0.3, -0.25) is 4.79 Å². The first-order valence-corrected chi connectivity index (χ1v) is 8.49. The van der Waals surface area contributed by atoms with E-state index in [0.717, 1.165) is 17.9 Å². The van der Waals surface area contributed by atoms with Crippen LogP contribution in [0.1, 0.15) is 20.3 Å². The Balaban J connectivity index is 1.86. The van der Waals surface area contributed by atoms with Gasteiger partial charge in [0.15, 0.2) is 0 Å². The molecule has 0 saturated heterocycles. The van der Waals surface area contributed by atoms with Crippen LogP contribution in [-0.4, -0.2) is 18.6 Å². The number of ether oxygens (including phenoxy) is 1. The van der Waals surface area contributed by atoms with Gasteiger partial charge in [-0.15, -0.1) is 0 Å². The van der Waals surface area contributed by atoms with Crippen LogP contribution >= 0.6 is 23.2 Å². The Morgan fingerprint density at radius 3 is 2.54 bits per heavy atom. The first kappa shape index (κ1) is 18.4. The van der Waals surface area contributed by atoms with E-state index in [0.29, 0.717) is 15.7 Å². The minimum atomic E-state index is -0.209. The number of carbonyl (C=O) groups is 1. The predicted octanol–water partition coefficient (Wildman–Crippen LogP) is 5.22. The molecule has 0 heterocycles. The Labute approximate surface area is 152 Å². The summed E-state index contributed by atoms with van der Waals surface area (Å²) in [5, 5.41) is 6.51. The third-order valence-corrected chi connectivity index (χ3v) is 4.26. The highest BCUT2D eigenvalue weighted by atomic mass is 35.5. The molecule has 0 aliphatic carbocycles. The molecule has 24 heavy (non-hydrogen) atoms. The molecule has 2 aromatic rings. The average Bonchev–Trinajstić information content (AvgIpc) is 2.58. The molecule has 1 atom stereocenters. The summed E-state index contributed by atoms with van der Waals surface area (Å²) in [6.45, 7) is 4.22. The van der Waals surface area contributed by atoms with E-state index in [1.54, 1.807) is 18.2 Å². The summed E-state index contributed by atoms with van der Waals surface area (Å²) in [5.74, 6) is 0.601. The summed E-state index contributed by atoms with van der Waals surface area (Å²) >= 11 is 12.0. The van der Waals surface area contributed by atoms with Crippen LogP contribution in [0.2, 0.25) is 10.0 Å². The molecule has 0 fully saturated rings. The Morgan fingerprint density at radius 2 is 1.88 bits per heavy atom. The van der Waals surface area contributed by atoms with Crippen LogP contribution in [0.5, 0.6) is 5.75 Å². The Hall–Kier alpha value is -1.91. The van der Waals surface area contributed by atoms with Crippen LogP contribution in [0.4, 0.5) is 11.4 Å². The Morgan fingerprint density at radius 1 is 1.17 bits per heavy atom. The van der Waals surface area contributed by atoms with Gasteiger partial charge in [0.25, 0.3) is 0 Å². The molecule has 0 aromatic heterocycles. The summed E-state index contributed by atoms with van der Waals surface area (Å²) < 4.78 is 5.71. The molecule has 6 heteroatoms. The summed E-state index contributed by atoms with van der Waals surface area (Å²) in [7, 11) is 0. The van der Waals surface area contributed by atoms with Crippen molar-refractivity contribution in [1.29, 1.82) is 0 Å². The summed E-state index contributed by atoms with van der Waals surface area (Å²) in [6.07, 6.45) is 1.13. The SMILES string of the molecule is CCC(C)Oc1ccc(NCC(=O)Nc2cccc(Cl)c2Cl)cc1. The normalized spacial score (nSPS) is 11.7. The maximum absolute atomic E-state index is 12.0. The van der Waals surface area contributed by atoms with Gasteiger partial charge >= 0.3 is 0 Å². The zero-order chi connectivity index (χ0) is 17.5. The van der Waals surface area contributed by atoms with Gasteiger partial charge in [0, 0.05) is 5.69 Å². The lowest BCUT2D eigenvalue weighted by Gasteiger charge is -2.13. The number of hydrogen-bond acceptors (Lipinski definition) is 3. The van der Waals surface area contributed by atoms with Gasteiger partial charge in [-0.2, -0.15) is 0 Å². The summed E-state index contributed by atoms with van der Waals surface area (Å²) in [6, 6.07) is 12.6. The molecule has 0 saturated carbocycles. The second-order valence-electron chi connectivity index (χ2n) is 5.36. The molecular formula is C18H20Cl2N2O2. The first-order valence-electron chi connectivity index (χ1n) is 7.74. The smallest absolute Gasteiger partial charge is 0.243 e. The van der Waals surface area contributed by atoms with Gasteiger partial charge in [0.1, 0.15) is 5.75 Å². The number of hydrogen-bond donors (Lipinski definition) is 2. The van der Waals surface area contributed by atoms with Gasteiger partial charge in [-0.1, -0.05) is 36.2 Å². The van der Waals surface area contributed by atoms with Crippen LogP contribution in [0, 0.1) is 0 Å². The van der Waals surface area contributed by atoms with Crippen molar-refractivity contribution < 1.29 is 9.53 Å². The lowest BCUT2D eigenvalue weighted by molar-refractivity contribution is -0.114. The van der Waals surface area contributed by atoms with E-state index in [9.17, 15) is 4.79 Å².